The van der Waals surface area contributed by atoms with Gasteiger partial charge in [-0.05, 0) is 52.1 Å². The molecule has 0 aromatic heterocycles. The summed E-state index contributed by atoms with van der Waals surface area (Å²) in [5, 5.41) is 7.97. The van der Waals surface area contributed by atoms with Gasteiger partial charge in [-0.1, -0.05) is 209 Å². The second-order valence-corrected chi connectivity index (χ2v) is 23.8. The van der Waals surface area contributed by atoms with Crippen LogP contribution >= 0.6 is 15.1 Å². The van der Waals surface area contributed by atoms with Gasteiger partial charge in [0.15, 0.2) is 0 Å². The first kappa shape index (κ1) is 37.7. The van der Waals surface area contributed by atoms with E-state index in [9.17, 15) is 0 Å². The minimum Gasteiger partial charge on any atom is -0.401 e. The fraction of sp³-hybridized carbons (Fsp3) is 0.174. The second-order valence-electron chi connectivity index (χ2n) is 14.3. The van der Waals surface area contributed by atoms with Crippen molar-refractivity contribution >= 4 is 63.4 Å². The Hall–Kier alpha value is -4.04. The molecular formula is C46H46BO2P2Si. The zero-order chi connectivity index (χ0) is 35.3. The number of allylic oxidation sites excluding steroid dienone is 1. The van der Waals surface area contributed by atoms with Crippen LogP contribution in [0.25, 0.3) is 0 Å². The lowest BCUT2D eigenvalue weighted by Gasteiger charge is -2.46. The molecule has 259 valence electrons. The molecule has 0 aliphatic heterocycles. The van der Waals surface area contributed by atoms with Crippen molar-refractivity contribution in [2.45, 2.75) is 50.4 Å². The molecule has 2 nitrogen and oxygen atoms in total. The maximum absolute atomic E-state index is 16.3. The topological polar surface area (TPSA) is 26.3 Å². The van der Waals surface area contributed by atoms with E-state index in [1.54, 1.807) is 0 Å². The molecule has 0 fully saturated rings. The van der Waals surface area contributed by atoms with Crippen LogP contribution in [0, 0.1) is 0 Å². The highest BCUT2D eigenvalue weighted by Crippen LogP contribution is 2.62. The molecule has 1 aliphatic carbocycles. The smallest absolute Gasteiger partial charge is 0.261 e. The summed E-state index contributed by atoms with van der Waals surface area (Å²) in [6, 6.07) is 64.0. The molecule has 6 aromatic carbocycles. The minimum absolute atomic E-state index is 0. The van der Waals surface area contributed by atoms with E-state index in [1.807, 2.05) is 36.4 Å². The molecule has 0 spiro atoms. The summed E-state index contributed by atoms with van der Waals surface area (Å²) in [4.78, 5) is 0. The van der Waals surface area contributed by atoms with Gasteiger partial charge >= 0.3 is 0 Å². The molecule has 0 saturated heterocycles. The maximum Gasteiger partial charge on any atom is 0.261 e. The molecule has 0 amide bonds. The molecule has 2 atom stereocenters. The van der Waals surface area contributed by atoms with Crippen molar-refractivity contribution in [1.82, 2.24) is 0 Å². The lowest BCUT2D eigenvalue weighted by atomic mass is 10.0. The van der Waals surface area contributed by atoms with Gasteiger partial charge in [-0.3, -0.25) is 0 Å². The number of hydrogen-bond donors (Lipinski definition) is 0. The van der Waals surface area contributed by atoms with Gasteiger partial charge in [-0.2, -0.15) is 0 Å². The molecule has 0 unspecified atom stereocenters. The summed E-state index contributed by atoms with van der Waals surface area (Å²) in [5.74, 6) is 0. The predicted molar refractivity (Wildman–Crippen MR) is 228 cm³/mol. The molecule has 1 aliphatic rings. The van der Waals surface area contributed by atoms with Gasteiger partial charge in [0.25, 0.3) is 8.32 Å². The first-order chi connectivity index (χ1) is 24.8. The van der Waals surface area contributed by atoms with E-state index < -0.39 is 23.4 Å². The molecule has 6 heteroatoms. The summed E-state index contributed by atoms with van der Waals surface area (Å²) in [6.07, 6.45) is 3.82. The van der Waals surface area contributed by atoms with E-state index in [1.165, 1.54) is 26.3 Å². The number of rotatable bonds is 10. The zero-order valence-corrected chi connectivity index (χ0v) is 33.0. The Bertz CT molecular complexity index is 1970. The highest BCUT2D eigenvalue weighted by Gasteiger charge is 2.52. The van der Waals surface area contributed by atoms with Crippen LogP contribution in [-0.2, 0) is 8.99 Å². The standard InChI is InChI=1S/C46H46O2P2Si.B/c1-46(2,3)51(42-30-18-8-19-31-42,43-32-20-9-21-33-43)48-37-34-35-45(50(47,40-26-14-6-15-27-40)41-28-16-7-17-29-41)44(36-37)49(38-22-10-4-11-23-38)39-24-12-5-13-25-39;/h4-33,36-37,45H,34-35H2,1-3H3;/t37-,45+;/m0./s1. The minimum atomic E-state index is -3.17. The Kier molecular flexibility index (Phi) is 11.8. The lowest BCUT2D eigenvalue weighted by molar-refractivity contribution is 0.214. The molecule has 6 aromatic rings. The van der Waals surface area contributed by atoms with Crippen molar-refractivity contribution in [1.29, 1.82) is 0 Å². The van der Waals surface area contributed by atoms with Gasteiger partial charge in [0.1, 0.15) is 7.14 Å². The van der Waals surface area contributed by atoms with Crippen LogP contribution in [0.2, 0.25) is 5.04 Å². The predicted octanol–water partition coefficient (Wildman–Crippen LogP) is 8.74. The van der Waals surface area contributed by atoms with E-state index in [0.717, 1.165) is 23.5 Å². The first-order valence-electron chi connectivity index (χ1n) is 17.9. The first-order valence-corrected chi connectivity index (χ1v) is 23.0. The van der Waals surface area contributed by atoms with Crippen LogP contribution in [0.5, 0.6) is 0 Å². The Balaban J connectivity index is 0.00000464. The maximum atomic E-state index is 16.3. The Morgan fingerprint density at radius 2 is 0.923 bits per heavy atom. The number of benzene rings is 6. The Morgan fingerprint density at radius 3 is 1.31 bits per heavy atom. The van der Waals surface area contributed by atoms with Gasteiger partial charge in [0.2, 0.25) is 0 Å². The fourth-order valence-electron chi connectivity index (χ4n) is 7.87. The third-order valence-corrected chi connectivity index (χ3v) is 21.6. The van der Waals surface area contributed by atoms with E-state index >= 15 is 4.57 Å². The van der Waals surface area contributed by atoms with Gasteiger partial charge in [0, 0.05) is 24.7 Å². The Morgan fingerprint density at radius 1 is 0.558 bits per heavy atom. The average Bonchev–Trinajstić information content (AvgIpc) is 3.18. The van der Waals surface area contributed by atoms with Gasteiger partial charge in [-0.25, -0.2) is 0 Å². The Labute approximate surface area is 314 Å². The van der Waals surface area contributed by atoms with Crippen LogP contribution in [0.3, 0.4) is 0 Å². The summed E-state index contributed by atoms with van der Waals surface area (Å²) < 4.78 is 24.1. The van der Waals surface area contributed by atoms with Crippen LogP contribution < -0.4 is 31.6 Å². The summed E-state index contributed by atoms with van der Waals surface area (Å²) >= 11 is 0. The largest absolute Gasteiger partial charge is 0.401 e. The second kappa shape index (κ2) is 16.3. The van der Waals surface area contributed by atoms with Crippen molar-refractivity contribution in [2.75, 3.05) is 0 Å². The quantitative estimate of drug-likeness (QED) is 0.104. The van der Waals surface area contributed by atoms with Crippen LogP contribution in [0.4, 0.5) is 0 Å². The van der Waals surface area contributed by atoms with Gasteiger partial charge in [-0.15, -0.1) is 0 Å². The molecule has 52 heavy (non-hydrogen) atoms. The number of hydrogen-bond acceptors (Lipinski definition) is 2. The molecule has 0 bridgehead atoms. The molecule has 0 N–H and O–H groups in total. The highest BCUT2D eigenvalue weighted by atomic mass is 31.2. The summed E-state index contributed by atoms with van der Waals surface area (Å²) in [7, 11) is -7.07. The molecule has 7 rings (SSSR count). The van der Waals surface area contributed by atoms with Crippen molar-refractivity contribution in [3.63, 3.8) is 0 Å². The fourth-order valence-corrected chi connectivity index (χ4v) is 19.2. The SMILES string of the molecule is CC(C)(C)[Si](O[C@@H]1C=C(P(c2ccccc2)c2ccccc2)[C@H](P(=O)(c2ccccc2)c2ccccc2)CC1)(c1ccccc1)c1ccccc1.[B]. The van der Waals surface area contributed by atoms with Crippen LogP contribution in [0.1, 0.15) is 33.6 Å². The molecule has 3 radical (unpaired) electrons. The van der Waals surface area contributed by atoms with E-state index in [-0.39, 0.29) is 25.2 Å². The van der Waals surface area contributed by atoms with E-state index in [0.29, 0.717) is 0 Å². The molecule has 0 heterocycles. The van der Waals surface area contributed by atoms with Crippen molar-refractivity contribution in [2.24, 2.45) is 0 Å². The van der Waals surface area contributed by atoms with Crippen molar-refractivity contribution in [3.05, 3.63) is 193 Å². The third-order valence-electron chi connectivity index (χ3n) is 10.2. The molecular weight excluding hydrogens is 685 g/mol. The van der Waals surface area contributed by atoms with Gasteiger partial charge < -0.3 is 8.99 Å². The monoisotopic (exact) mass is 731 g/mol. The summed E-state index contributed by atoms with van der Waals surface area (Å²) in [6.45, 7) is 7.03. The van der Waals surface area contributed by atoms with Crippen molar-refractivity contribution < 1.29 is 8.99 Å². The van der Waals surface area contributed by atoms with Crippen LogP contribution in [-0.4, -0.2) is 28.5 Å². The summed E-state index contributed by atoms with van der Waals surface area (Å²) in [5.41, 5.74) is -0.187. The normalized spacial score (nSPS) is 16.5. The van der Waals surface area contributed by atoms with Crippen LogP contribution in [0.15, 0.2) is 193 Å². The van der Waals surface area contributed by atoms with Crippen molar-refractivity contribution in [3.8, 4) is 0 Å². The van der Waals surface area contributed by atoms with E-state index in [2.05, 4.69) is 172 Å². The molecule has 0 saturated carbocycles. The van der Waals surface area contributed by atoms with Gasteiger partial charge in [0.05, 0.1) is 6.10 Å². The average molecular weight is 732 g/mol. The highest BCUT2D eigenvalue weighted by molar-refractivity contribution is 7.82. The third kappa shape index (κ3) is 7.28. The lowest BCUT2D eigenvalue weighted by Crippen LogP contribution is -2.67. The zero-order valence-electron chi connectivity index (χ0n) is 30.3. The van der Waals surface area contributed by atoms with E-state index in [4.69, 9.17) is 4.43 Å².